The zero-order valence-corrected chi connectivity index (χ0v) is 13.7. The second-order valence-corrected chi connectivity index (χ2v) is 6.50. The number of rotatable bonds is 7. The molecule has 0 aliphatic heterocycles. The molecular formula is C15H18BrNO2S. The molecule has 0 radical (unpaired) electrons. The third-order valence-corrected chi connectivity index (χ3v) is 4.33. The molecule has 1 aromatic carbocycles. The van der Waals surface area contributed by atoms with E-state index in [0.29, 0.717) is 19.8 Å². The Labute approximate surface area is 131 Å². The van der Waals surface area contributed by atoms with E-state index < -0.39 is 6.10 Å². The summed E-state index contributed by atoms with van der Waals surface area (Å²) in [6.45, 7) is 3.39. The van der Waals surface area contributed by atoms with Crippen LogP contribution in [0.5, 0.6) is 0 Å². The van der Waals surface area contributed by atoms with Crippen LogP contribution in [-0.4, -0.2) is 24.4 Å². The molecule has 3 nitrogen and oxygen atoms in total. The highest BCUT2D eigenvalue weighted by atomic mass is 79.9. The Morgan fingerprint density at radius 2 is 2.25 bits per heavy atom. The van der Waals surface area contributed by atoms with E-state index >= 15 is 0 Å². The molecule has 0 bridgehead atoms. The molecule has 0 aliphatic carbocycles. The van der Waals surface area contributed by atoms with Gasteiger partial charge in [0.25, 0.3) is 0 Å². The smallest absolute Gasteiger partial charge is 0.0945 e. The Kier molecular flexibility index (Phi) is 6.04. The summed E-state index contributed by atoms with van der Waals surface area (Å²) in [6, 6.07) is 10.1. The molecule has 108 valence electrons. The van der Waals surface area contributed by atoms with E-state index in [1.807, 2.05) is 42.6 Å². The van der Waals surface area contributed by atoms with Crippen molar-refractivity contribution in [2.75, 3.05) is 18.5 Å². The van der Waals surface area contributed by atoms with Crippen LogP contribution in [0.2, 0.25) is 0 Å². The van der Waals surface area contributed by atoms with Crippen LogP contribution in [0.3, 0.4) is 0 Å². The molecule has 1 unspecified atom stereocenters. The molecule has 0 saturated carbocycles. The number of hydrogen-bond donors (Lipinski definition) is 2. The second-order valence-electron chi connectivity index (χ2n) is 4.61. The SMILES string of the molecule is Cc1ccc(Br)c(NCC(O)COCc2cccs2)c1. The van der Waals surface area contributed by atoms with Crippen molar-refractivity contribution in [2.24, 2.45) is 0 Å². The van der Waals surface area contributed by atoms with Gasteiger partial charge in [-0.2, -0.15) is 0 Å². The molecule has 0 aliphatic rings. The van der Waals surface area contributed by atoms with Gasteiger partial charge in [0.15, 0.2) is 0 Å². The minimum atomic E-state index is -0.526. The van der Waals surface area contributed by atoms with Crippen molar-refractivity contribution in [3.8, 4) is 0 Å². The predicted molar refractivity (Wildman–Crippen MR) is 87.4 cm³/mol. The molecule has 0 amide bonds. The van der Waals surface area contributed by atoms with Gasteiger partial charge < -0.3 is 15.2 Å². The van der Waals surface area contributed by atoms with Crippen LogP contribution in [0, 0.1) is 6.92 Å². The summed E-state index contributed by atoms with van der Waals surface area (Å²) >= 11 is 5.15. The fourth-order valence-corrected chi connectivity index (χ4v) is 2.78. The average Bonchev–Trinajstić information content (AvgIpc) is 2.93. The number of halogens is 1. The lowest BCUT2D eigenvalue weighted by atomic mass is 10.2. The van der Waals surface area contributed by atoms with E-state index in [2.05, 4.69) is 21.2 Å². The van der Waals surface area contributed by atoms with Crippen molar-refractivity contribution in [2.45, 2.75) is 19.6 Å². The van der Waals surface area contributed by atoms with Crippen LogP contribution >= 0.6 is 27.3 Å². The molecule has 2 rings (SSSR count). The number of ether oxygens (including phenoxy) is 1. The molecule has 0 fully saturated rings. The first-order chi connectivity index (χ1) is 9.65. The zero-order valence-electron chi connectivity index (χ0n) is 11.3. The van der Waals surface area contributed by atoms with Gasteiger partial charge in [-0.25, -0.2) is 0 Å². The summed E-state index contributed by atoms with van der Waals surface area (Å²) in [4.78, 5) is 1.17. The Morgan fingerprint density at radius 3 is 3.00 bits per heavy atom. The lowest BCUT2D eigenvalue weighted by Crippen LogP contribution is -2.24. The van der Waals surface area contributed by atoms with Crippen LogP contribution in [0.4, 0.5) is 5.69 Å². The summed E-state index contributed by atoms with van der Waals surface area (Å²) in [5, 5.41) is 15.1. The first-order valence-electron chi connectivity index (χ1n) is 6.43. The van der Waals surface area contributed by atoms with Crippen LogP contribution < -0.4 is 5.32 Å². The number of benzene rings is 1. The van der Waals surface area contributed by atoms with Crippen LogP contribution in [-0.2, 0) is 11.3 Å². The van der Waals surface area contributed by atoms with Crippen molar-refractivity contribution >= 4 is 33.0 Å². The summed E-state index contributed by atoms with van der Waals surface area (Å²) in [5.74, 6) is 0. The van der Waals surface area contributed by atoms with Crippen LogP contribution in [0.25, 0.3) is 0 Å². The minimum Gasteiger partial charge on any atom is -0.389 e. The van der Waals surface area contributed by atoms with Crippen LogP contribution in [0.1, 0.15) is 10.4 Å². The number of nitrogens with one attached hydrogen (secondary N) is 1. The number of anilines is 1. The fourth-order valence-electron chi connectivity index (χ4n) is 1.75. The predicted octanol–water partition coefficient (Wildman–Crippen LogP) is 3.81. The summed E-state index contributed by atoms with van der Waals surface area (Å²) < 4.78 is 6.49. The molecule has 0 saturated heterocycles. The van der Waals surface area contributed by atoms with E-state index in [1.54, 1.807) is 11.3 Å². The molecule has 5 heteroatoms. The highest BCUT2D eigenvalue weighted by Gasteiger charge is 2.06. The molecule has 2 aromatic rings. The van der Waals surface area contributed by atoms with Gasteiger partial charge in [0, 0.05) is 21.6 Å². The van der Waals surface area contributed by atoms with Crippen molar-refractivity contribution in [3.05, 3.63) is 50.6 Å². The highest BCUT2D eigenvalue weighted by molar-refractivity contribution is 9.10. The van der Waals surface area contributed by atoms with Gasteiger partial charge >= 0.3 is 0 Å². The lowest BCUT2D eigenvalue weighted by molar-refractivity contribution is 0.0359. The largest absolute Gasteiger partial charge is 0.389 e. The van der Waals surface area contributed by atoms with E-state index in [-0.39, 0.29) is 0 Å². The number of thiophene rings is 1. The van der Waals surface area contributed by atoms with Crippen molar-refractivity contribution in [3.63, 3.8) is 0 Å². The third-order valence-electron chi connectivity index (χ3n) is 2.78. The molecule has 0 spiro atoms. The highest BCUT2D eigenvalue weighted by Crippen LogP contribution is 2.23. The van der Waals surface area contributed by atoms with E-state index in [9.17, 15) is 5.11 Å². The Hall–Kier alpha value is -0.880. The monoisotopic (exact) mass is 355 g/mol. The quantitative estimate of drug-likeness (QED) is 0.793. The first-order valence-corrected chi connectivity index (χ1v) is 8.10. The van der Waals surface area contributed by atoms with Crippen molar-refractivity contribution in [1.29, 1.82) is 0 Å². The molecule has 1 atom stereocenters. The molecule has 1 heterocycles. The number of hydrogen-bond acceptors (Lipinski definition) is 4. The van der Waals surface area contributed by atoms with Crippen molar-refractivity contribution < 1.29 is 9.84 Å². The Morgan fingerprint density at radius 1 is 1.40 bits per heavy atom. The zero-order chi connectivity index (χ0) is 14.4. The number of aliphatic hydroxyl groups excluding tert-OH is 1. The summed E-state index contributed by atoms with van der Waals surface area (Å²) in [5.41, 5.74) is 2.17. The van der Waals surface area contributed by atoms with Gasteiger partial charge in [0.2, 0.25) is 0 Å². The standard InChI is InChI=1S/C15H18BrNO2S/c1-11-4-5-14(16)15(7-11)17-8-12(18)9-19-10-13-3-2-6-20-13/h2-7,12,17-18H,8-10H2,1H3. The summed E-state index contributed by atoms with van der Waals surface area (Å²) in [6.07, 6.45) is -0.526. The maximum absolute atomic E-state index is 9.90. The molecule has 20 heavy (non-hydrogen) atoms. The number of aliphatic hydroxyl groups is 1. The average molecular weight is 356 g/mol. The number of aryl methyl sites for hydroxylation is 1. The van der Waals surface area contributed by atoms with Gasteiger partial charge in [-0.1, -0.05) is 12.1 Å². The van der Waals surface area contributed by atoms with Crippen LogP contribution in [0.15, 0.2) is 40.2 Å². The maximum atomic E-state index is 9.90. The van der Waals surface area contributed by atoms with Gasteiger partial charge in [0.05, 0.1) is 19.3 Å². The maximum Gasteiger partial charge on any atom is 0.0945 e. The normalized spacial score (nSPS) is 12.3. The van der Waals surface area contributed by atoms with Crippen molar-refractivity contribution in [1.82, 2.24) is 0 Å². The van der Waals surface area contributed by atoms with Gasteiger partial charge in [-0.15, -0.1) is 11.3 Å². The Bertz CT molecular complexity index is 531. The van der Waals surface area contributed by atoms with Gasteiger partial charge in [0.1, 0.15) is 0 Å². The second kappa shape index (κ2) is 7.78. The Balaban J connectivity index is 1.71. The molecule has 1 aromatic heterocycles. The van der Waals surface area contributed by atoms with Gasteiger partial charge in [-0.05, 0) is 52.0 Å². The van der Waals surface area contributed by atoms with E-state index in [1.165, 1.54) is 10.4 Å². The lowest BCUT2D eigenvalue weighted by Gasteiger charge is -2.14. The van der Waals surface area contributed by atoms with E-state index in [0.717, 1.165) is 10.2 Å². The topological polar surface area (TPSA) is 41.5 Å². The van der Waals surface area contributed by atoms with E-state index in [4.69, 9.17) is 4.74 Å². The molecular weight excluding hydrogens is 338 g/mol. The first kappa shape index (κ1) is 15.5. The minimum absolute atomic E-state index is 0.328. The third kappa shape index (κ3) is 4.90. The molecule has 2 N–H and O–H groups in total. The fraction of sp³-hybridized carbons (Fsp3) is 0.333. The summed E-state index contributed by atoms with van der Waals surface area (Å²) in [7, 11) is 0. The van der Waals surface area contributed by atoms with Gasteiger partial charge in [-0.3, -0.25) is 0 Å².